The van der Waals surface area contributed by atoms with Crippen molar-refractivity contribution in [1.29, 1.82) is 0 Å². The molecule has 0 fully saturated rings. The van der Waals surface area contributed by atoms with Gasteiger partial charge in [0.2, 0.25) is 0 Å². The van der Waals surface area contributed by atoms with E-state index in [1.165, 1.54) is 12.1 Å². The van der Waals surface area contributed by atoms with E-state index in [1.54, 1.807) is 19.1 Å². The zero-order valence-corrected chi connectivity index (χ0v) is 16.6. The molecule has 0 atom stereocenters. The molecule has 6 nitrogen and oxygen atoms in total. The Morgan fingerprint density at radius 1 is 1.07 bits per heavy atom. The lowest BCUT2D eigenvalue weighted by Crippen LogP contribution is -2.19. The molecule has 0 bridgehead atoms. The van der Waals surface area contributed by atoms with Gasteiger partial charge in [0.1, 0.15) is 11.5 Å². The fourth-order valence-electron chi connectivity index (χ4n) is 2.86. The predicted octanol–water partition coefficient (Wildman–Crippen LogP) is 3.95. The van der Waals surface area contributed by atoms with Gasteiger partial charge < -0.3 is 9.63 Å². The number of unbranched alkanes of at least 4 members (excludes halogenated alkanes) is 1. The third kappa shape index (κ3) is 4.31. The van der Waals surface area contributed by atoms with Crippen LogP contribution in [0.1, 0.15) is 31.9 Å². The smallest absolute Gasteiger partial charge is 0.281 e. The van der Waals surface area contributed by atoms with Crippen molar-refractivity contribution in [3.63, 3.8) is 0 Å². The van der Waals surface area contributed by atoms with Crippen LogP contribution in [0.25, 0.3) is 22.4 Å². The fraction of sp³-hybridized carbons (Fsp3) is 0.238. The van der Waals surface area contributed by atoms with Crippen molar-refractivity contribution in [3.05, 3.63) is 60.4 Å². The van der Waals surface area contributed by atoms with Gasteiger partial charge in [-0.05, 0) is 43.4 Å². The van der Waals surface area contributed by atoms with E-state index in [-0.39, 0.29) is 11.3 Å². The molecule has 1 heterocycles. The molecule has 0 amide bonds. The Morgan fingerprint density at radius 3 is 2.39 bits per heavy atom. The molecule has 0 aliphatic heterocycles. The van der Waals surface area contributed by atoms with E-state index in [0.717, 1.165) is 23.1 Å². The molecule has 28 heavy (non-hydrogen) atoms. The van der Waals surface area contributed by atoms with E-state index >= 15 is 0 Å². The molecule has 2 aromatic carbocycles. The van der Waals surface area contributed by atoms with Crippen molar-refractivity contribution in [3.8, 4) is 22.4 Å². The summed E-state index contributed by atoms with van der Waals surface area (Å²) in [6.07, 6.45) is 1.55. The second-order valence-electron chi connectivity index (χ2n) is 6.42. The largest absolute Gasteiger partial charge is 0.861 e. The summed E-state index contributed by atoms with van der Waals surface area (Å²) >= 11 is 0. The summed E-state index contributed by atoms with van der Waals surface area (Å²) in [6, 6.07) is 15.8. The monoisotopic (exact) mass is 397 g/mol. The van der Waals surface area contributed by atoms with Crippen molar-refractivity contribution in [1.82, 2.24) is 5.16 Å². The summed E-state index contributed by atoms with van der Waals surface area (Å²) < 4.78 is 33.4. The minimum atomic E-state index is -4.01. The normalized spacial score (nSPS) is 12.3. The first-order chi connectivity index (χ1) is 13.4. The van der Waals surface area contributed by atoms with Crippen LogP contribution in [0, 0.1) is 6.92 Å². The third-order valence-corrected chi connectivity index (χ3v) is 5.63. The maximum Gasteiger partial charge on any atom is 0.281 e. The van der Waals surface area contributed by atoms with Gasteiger partial charge in [-0.15, -0.1) is 0 Å². The van der Waals surface area contributed by atoms with Gasteiger partial charge in [-0.3, -0.25) is 0 Å². The standard InChI is InChI=1S/C21H22N2O4S/c1-3-4-10-19(24)23-28(25,26)18-13-11-16(12-14-18)20-15(2)27-22-21(20)17-8-6-5-7-9-17/h5-9,11-14H,3-4,10H2,1-2H3,(H,23,24)/p-1. The van der Waals surface area contributed by atoms with Gasteiger partial charge in [-0.1, -0.05) is 61.0 Å². The fourth-order valence-corrected chi connectivity index (χ4v) is 3.80. The summed E-state index contributed by atoms with van der Waals surface area (Å²) in [6.45, 7) is 3.73. The maximum atomic E-state index is 12.3. The molecule has 7 heteroatoms. The zero-order valence-electron chi connectivity index (χ0n) is 15.8. The van der Waals surface area contributed by atoms with Gasteiger partial charge in [-0.2, -0.15) is 12.8 Å². The second-order valence-corrected chi connectivity index (χ2v) is 8.02. The average Bonchev–Trinajstić information content (AvgIpc) is 3.08. The van der Waals surface area contributed by atoms with Gasteiger partial charge in [0, 0.05) is 5.56 Å². The van der Waals surface area contributed by atoms with Gasteiger partial charge >= 0.3 is 0 Å². The number of hydrogen-bond donors (Lipinski definition) is 0. The molecule has 3 rings (SSSR count). The summed E-state index contributed by atoms with van der Waals surface area (Å²) in [4.78, 5) is -0.0172. The van der Waals surface area contributed by atoms with Gasteiger partial charge in [0.25, 0.3) is 10.0 Å². The Bertz CT molecular complexity index is 1070. The number of nitrogens with zero attached hydrogens (tertiary/aromatic N) is 2. The third-order valence-electron chi connectivity index (χ3n) is 4.32. The van der Waals surface area contributed by atoms with E-state index in [0.29, 0.717) is 17.9 Å². The number of benzene rings is 2. The molecule has 0 saturated carbocycles. The van der Waals surface area contributed by atoms with Gasteiger partial charge in [-0.25, -0.2) is 0 Å². The Hall–Kier alpha value is -2.93. The molecule has 0 radical (unpaired) electrons. The molecule has 0 aliphatic rings. The lowest BCUT2D eigenvalue weighted by Gasteiger charge is -2.10. The highest BCUT2D eigenvalue weighted by atomic mass is 32.2. The van der Waals surface area contributed by atoms with E-state index in [1.807, 2.05) is 37.3 Å². The van der Waals surface area contributed by atoms with E-state index in [2.05, 4.69) is 9.55 Å². The maximum absolute atomic E-state index is 12.3. The van der Waals surface area contributed by atoms with E-state index in [9.17, 15) is 13.5 Å². The summed E-state index contributed by atoms with van der Waals surface area (Å²) in [5, 5.41) is 15.9. The van der Waals surface area contributed by atoms with Crippen molar-refractivity contribution < 1.29 is 18.0 Å². The molecular formula is C21H21N2O4S-. The number of hydrogen-bond acceptors (Lipinski definition) is 5. The van der Waals surface area contributed by atoms with E-state index < -0.39 is 15.9 Å². The van der Waals surface area contributed by atoms with Gasteiger partial charge in [0.15, 0.2) is 0 Å². The quantitative estimate of drug-likeness (QED) is 0.444. The minimum Gasteiger partial charge on any atom is -0.861 e. The zero-order chi connectivity index (χ0) is 20.1. The van der Waals surface area contributed by atoms with Crippen LogP contribution in [0.15, 0.2) is 68.4 Å². The van der Waals surface area contributed by atoms with Crippen molar-refractivity contribution >= 4 is 15.9 Å². The van der Waals surface area contributed by atoms with Crippen LogP contribution in [0.3, 0.4) is 0 Å². The van der Waals surface area contributed by atoms with Crippen LogP contribution in [0.4, 0.5) is 0 Å². The first-order valence-electron chi connectivity index (χ1n) is 9.05. The Morgan fingerprint density at radius 2 is 1.75 bits per heavy atom. The molecule has 0 unspecified atom stereocenters. The highest BCUT2D eigenvalue weighted by Gasteiger charge is 2.18. The number of sulfonamides is 1. The highest BCUT2D eigenvalue weighted by molar-refractivity contribution is 7.90. The molecular weight excluding hydrogens is 376 g/mol. The lowest BCUT2D eigenvalue weighted by atomic mass is 10.00. The minimum absolute atomic E-state index is 0.0172. The van der Waals surface area contributed by atoms with Crippen molar-refractivity contribution in [2.75, 3.05) is 0 Å². The van der Waals surface area contributed by atoms with Gasteiger partial charge in [0.05, 0.1) is 10.5 Å². The SMILES string of the molecule is CCCC/C([O-])=N/S(=O)(=O)c1ccc(-c2c(-c3ccccc3)noc2C)cc1. The topological polar surface area (TPSA) is 95.6 Å². The molecule has 0 spiro atoms. The molecule has 146 valence electrons. The number of aromatic nitrogens is 1. The summed E-state index contributed by atoms with van der Waals surface area (Å²) in [5.41, 5.74) is 3.16. The predicted molar refractivity (Wildman–Crippen MR) is 106 cm³/mol. The van der Waals surface area contributed by atoms with Crippen LogP contribution in [-0.2, 0) is 10.0 Å². The highest BCUT2D eigenvalue weighted by Crippen LogP contribution is 2.34. The van der Waals surface area contributed by atoms with Crippen LogP contribution in [0.2, 0.25) is 0 Å². The number of rotatable bonds is 7. The molecule has 0 saturated heterocycles. The van der Waals surface area contributed by atoms with Crippen molar-refractivity contribution in [2.45, 2.75) is 38.0 Å². The second kappa shape index (κ2) is 8.39. The average molecular weight is 397 g/mol. The van der Waals surface area contributed by atoms with Crippen LogP contribution in [0.5, 0.6) is 0 Å². The Kier molecular flexibility index (Phi) is 5.94. The first kappa shape index (κ1) is 19.8. The first-order valence-corrected chi connectivity index (χ1v) is 10.5. The molecule has 0 N–H and O–H groups in total. The summed E-state index contributed by atoms with van der Waals surface area (Å²) in [7, 11) is -4.01. The summed E-state index contributed by atoms with van der Waals surface area (Å²) in [5.74, 6) is 0.0149. The van der Waals surface area contributed by atoms with Crippen LogP contribution in [-0.4, -0.2) is 19.5 Å². The molecule has 3 aromatic rings. The molecule has 0 aliphatic carbocycles. The van der Waals surface area contributed by atoms with Crippen LogP contribution >= 0.6 is 0 Å². The Balaban J connectivity index is 1.93. The number of aryl methyl sites for hydroxylation is 1. The van der Waals surface area contributed by atoms with Crippen molar-refractivity contribution in [2.24, 2.45) is 4.40 Å². The lowest BCUT2D eigenvalue weighted by molar-refractivity contribution is -0.218. The molecule has 1 aromatic heterocycles. The van der Waals surface area contributed by atoms with Crippen LogP contribution < -0.4 is 5.11 Å². The van der Waals surface area contributed by atoms with E-state index in [4.69, 9.17) is 4.52 Å². The Labute approximate surface area is 164 Å².